The lowest BCUT2D eigenvalue weighted by Gasteiger charge is -2.25. The van der Waals surface area contributed by atoms with Crippen LogP contribution in [0.3, 0.4) is 0 Å². The van der Waals surface area contributed by atoms with Crippen LogP contribution in [0.4, 0.5) is 5.69 Å². The molecule has 2 aromatic carbocycles. The largest absolute Gasteiger partial charge is 0.493 e. The predicted molar refractivity (Wildman–Crippen MR) is 113 cm³/mol. The molecule has 0 radical (unpaired) electrons. The fourth-order valence-electron chi connectivity index (χ4n) is 3.33. The first-order valence-electron chi connectivity index (χ1n) is 9.56. The summed E-state index contributed by atoms with van der Waals surface area (Å²) in [5.41, 5.74) is 0.0731. The van der Waals surface area contributed by atoms with Crippen molar-refractivity contribution in [2.24, 2.45) is 0 Å². The first-order valence-corrected chi connectivity index (χ1v) is 9.56. The smallest absolute Gasteiger partial charge is 0.349 e. The van der Waals surface area contributed by atoms with Crippen LogP contribution in [-0.2, 0) is 0 Å². The first kappa shape index (κ1) is 20.3. The van der Waals surface area contributed by atoms with Crippen molar-refractivity contribution in [3.05, 3.63) is 75.8 Å². The summed E-state index contributed by atoms with van der Waals surface area (Å²) in [7, 11) is 3.02. The minimum Gasteiger partial charge on any atom is -0.493 e. The molecule has 0 spiro atoms. The van der Waals surface area contributed by atoms with Crippen LogP contribution in [0.2, 0.25) is 0 Å². The summed E-state index contributed by atoms with van der Waals surface area (Å²) in [6.45, 7) is 1.86. The molecule has 0 bridgehead atoms. The molecule has 1 N–H and O–H groups in total. The fraction of sp³-hybridized carbons (Fsp3) is 0.217. The maximum absolute atomic E-state index is 12.8. The molecular weight excluding hydrogens is 402 g/mol. The van der Waals surface area contributed by atoms with Gasteiger partial charge in [-0.15, -0.1) is 0 Å². The quantitative estimate of drug-likeness (QED) is 0.668. The van der Waals surface area contributed by atoms with E-state index in [2.05, 4.69) is 5.32 Å². The Kier molecular flexibility index (Phi) is 5.53. The summed E-state index contributed by atoms with van der Waals surface area (Å²) in [6.07, 6.45) is -0.593. The van der Waals surface area contributed by atoms with Gasteiger partial charge in [0.15, 0.2) is 34.9 Å². The third kappa shape index (κ3) is 4.05. The predicted octanol–water partition coefficient (Wildman–Crippen LogP) is 3.73. The lowest BCUT2D eigenvalue weighted by atomic mass is 10.1. The maximum atomic E-state index is 12.8. The number of aryl methyl sites for hydroxylation is 1. The van der Waals surface area contributed by atoms with Gasteiger partial charge in [0, 0.05) is 11.8 Å². The van der Waals surface area contributed by atoms with Gasteiger partial charge in [-0.25, -0.2) is 4.79 Å². The summed E-state index contributed by atoms with van der Waals surface area (Å²) < 4.78 is 27.4. The third-order valence-electron chi connectivity index (χ3n) is 4.86. The molecule has 8 heteroatoms. The molecule has 1 aliphatic heterocycles. The van der Waals surface area contributed by atoms with E-state index in [0.29, 0.717) is 40.0 Å². The zero-order valence-corrected chi connectivity index (χ0v) is 17.3. The summed E-state index contributed by atoms with van der Waals surface area (Å²) in [5.74, 6) is 1.87. The SMILES string of the molecule is COc1ccc(NC(=O)c2c(C)cc(C3COc4ccccc4O3)oc2=O)cc1OC. The van der Waals surface area contributed by atoms with Gasteiger partial charge in [0.05, 0.1) is 14.2 Å². The van der Waals surface area contributed by atoms with E-state index >= 15 is 0 Å². The van der Waals surface area contributed by atoms with Gasteiger partial charge < -0.3 is 28.7 Å². The molecule has 31 heavy (non-hydrogen) atoms. The van der Waals surface area contributed by atoms with Crippen molar-refractivity contribution in [1.29, 1.82) is 0 Å². The molecule has 1 aliphatic rings. The van der Waals surface area contributed by atoms with Gasteiger partial charge in [-0.2, -0.15) is 0 Å². The molecule has 2 heterocycles. The summed E-state index contributed by atoms with van der Waals surface area (Å²) in [6, 6.07) is 13.8. The van der Waals surface area contributed by atoms with Crippen LogP contribution in [0, 0.1) is 6.92 Å². The number of hydrogen-bond donors (Lipinski definition) is 1. The summed E-state index contributed by atoms with van der Waals surface area (Å²) >= 11 is 0. The normalized spacial score (nSPS) is 14.6. The number of carbonyl (C=O) groups is 1. The number of rotatable bonds is 5. The number of ether oxygens (including phenoxy) is 4. The Bertz CT molecular complexity index is 1180. The van der Waals surface area contributed by atoms with Crippen molar-refractivity contribution in [2.75, 3.05) is 26.1 Å². The average molecular weight is 423 g/mol. The molecule has 1 atom stereocenters. The number of carbonyl (C=O) groups excluding carboxylic acids is 1. The van der Waals surface area contributed by atoms with E-state index in [0.717, 1.165) is 0 Å². The van der Waals surface area contributed by atoms with Gasteiger partial charge in [-0.05, 0) is 42.8 Å². The standard InChI is InChI=1S/C23H21NO7/c1-13-10-19(20-12-29-16-6-4-5-7-17(16)30-20)31-23(26)21(13)22(25)24-14-8-9-15(27-2)18(11-14)28-3/h4-11,20H,12H2,1-3H3,(H,24,25). The highest BCUT2D eigenvalue weighted by Crippen LogP contribution is 2.36. The third-order valence-corrected chi connectivity index (χ3v) is 4.86. The van der Waals surface area contributed by atoms with Crippen molar-refractivity contribution in [3.8, 4) is 23.0 Å². The van der Waals surface area contributed by atoms with Crippen molar-refractivity contribution < 1.29 is 28.2 Å². The number of nitrogens with one attached hydrogen (secondary N) is 1. The van der Waals surface area contributed by atoms with Gasteiger partial charge in [0.1, 0.15) is 12.2 Å². The van der Waals surface area contributed by atoms with Crippen LogP contribution < -0.4 is 29.9 Å². The Morgan fingerprint density at radius 3 is 2.48 bits per heavy atom. The maximum Gasteiger partial charge on any atom is 0.349 e. The van der Waals surface area contributed by atoms with E-state index in [1.54, 1.807) is 43.3 Å². The van der Waals surface area contributed by atoms with Gasteiger partial charge in [0.2, 0.25) is 0 Å². The Morgan fingerprint density at radius 2 is 1.77 bits per heavy atom. The number of benzene rings is 2. The van der Waals surface area contributed by atoms with Gasteiger partial charge in [-0.3, -0.25) is 4.79 Å². The highest BCUT2D eigenvalue weighted by Gasteiger charge is 2.27. The second kappa shape index (κ2) is 8.43. The van der Waals surface area contributed by atoms with E-state index in [4.69, 9.17) is 23.4 Å². The zero-order chi connectivity index (χ0) is 22.0. The molecule has 1 amide bonds. The van der Waals surface area contributed by atoms with Gasteiger partial charge in [-0.1, -0.05) is 12.1 Å². The zero-order valence-electron chi connectivity index (χ0n) is 17.3. The van der Waals surface area contributed by atoms with Crippen molar-refractivity contribution in [3.63, 3.8) is 0 Å². The van der Waals surface area contributed by atoms with E-state index in [1.165, 1.54) is 14.2 Å². The van der Waals surface area contributed by atoms with E-state index < -0.39 is 17.6 Å². The van der Waals surface area contributed by atoms with Crippen LogP contribution in [0.5, 0.6) is 23.0 Å². The van der Waals surface area contributed by atoms with Gasteiger partial charge in [0.25, 0.3) is 5.91 Å². The molecule has 0 saturated heterocycles. The second-order valence-electron chi connectivity index (χ2n) is 6.88. The number of para-hydroxylation sites is 2. The van der Waals surface area contributed by atoms with E-state index in [1.807, 2.05) is 12.1 Å². The van der Waals surface area contributed by atoms with Crippen LogP contribution in [0.25, 0.3) is 0 Å². The molecule has 0 aliphatic carbocycles. The summed E-state index contributed by atoms with van der Waals surface area (Å²) in [4.78, 5) is 25.4. The molecular formula is C23H21NO7. The lowest BCUT2D eigenvalue weighted by Crippen LogP contribution is -2.26. The lowest BCUT2D eigenvalue weighted by molar-refractivity contribution is 0.0723. The van der Waals surface area contributed by atoms with E-state index in [9.17, 15) is 9.59 Å². The van der Waals surface area contributed by atoms with E-state index in [-0.39, 0.29) is 12.2 Å². The fourth-order valence-corrected chi connectivity index (χ4v) is 3.33. The highest BCUT2D eigenvalue weighted by molar-refractivity contribution is 6.05. The molecule has 4 rings (SSSR count). The summed E-state index contributed by atoms with van der Waals surface area (Å²) in [5, 5.41) is 2.69. The minimum absolute atomic E-state index is 0.0873. The van der Waals surface area contributed by atoms with Crippen molar-refractivity contribution in [1.82, 2.24) is 0 Å². The Balaban J connectivity index is 1.56. The number of fused-ring (bicyclic) bond motifs is 1. The monoisotopic (exact) mass is 423 g/mol. The average Bonchev–Trinajstić information content (AvgIpc) is 2.78. The number of anilines is 1. The van der Waals surface area contributed by atoms with Gasteiger partial charge >= 0.3 is 5.63 Å². The van der Waals surface area contributed by atoms with Crippen molar-refractivity contribution in [2.45, 2.75) is 13.0 Å². The van der Waals surface area contributed by atoms with Crippen LogP contribution in [0.1, 0.15) is 27.8 Å². The van der Waals surface area contributed by atoms with Crippen LogP contribution in [-0.4, -0.2) is 26.7 Å². The molecule has 1 unspecified atom stereocenters. The minimum atomic E-state index is -0.754. The first-order chi connectivity index (χ1) is 15.0. The molecule has 3 aromatic rings. The second-order valence-corrected chi connectivity index (χ2v) is 6.88. The highest BCUT2D eigenvalue weighted by atomic mass is 16.6. The number of hydrogen-bond acceptors (Lipinski definition) is 7. The van der Waals surface area contributed by atoms with Crippen LogP contribution in [0.15, 0.2) is 57.7 Å². The van der Waals surface area contributed by atoms with Crippen molar-refractivity contribution >= 4 is 11.6 Å². The Morgan fingerprint density at radius 1 is 1.03 bits per heavy atom. The molecule has 8 nitrogen and oxygen atoms in total. The number of methoxy groups -OCH3 is 2. The molecule has 0 fully saturated rings. The Labute approximate surface area is 178 Å². The Hall–Kier alpha value is -3.94. The molecule has 0 saturated carbocycles. The van der Waals surface area contributed by atoms with Crippen LogP contribution >= 0.6 is 0 Å². The topological polar surface area (TPSA) is 96.2 Å². The molecule has 160 valence electrons. The molecule has 1 aromatic heterocycles. The number of amides is 1.